The number of halogens is 2. The molecule has 2 aromatic carbocycles. The molecule has 1 amide bonds. The van der Waals surface area contributed by atoms with E-state index in [9.17, 15) is 4.79 Å². The van der Waals surface area contributed by atoms with Gasteiger partial charge in [-0.05, 0) is 42.8 Å². The average molecular weight is 384 g/mol. The van der Waals surface area contributed by atoms with Crippen LogP contribution in [0.3, 0.4) is 0 Å². The minimum atomic E-state index is -0.142. The van der Waals surface area contributed by atoms with Crippen molar-refractivity contribution >= 4 is 44.8 Å². The third kappa shape index (κ3) is 4.39. The number of nitrogens with one attached hydrogen (secondary N) is 2. The molecular weight excluding hydrogens is 368 g/mol. The standard InChI is InChI=1S/C16H16BrClN2O2/c1-10-7-14(15(22-2)8-13(10)18)19-9-16(21)20-12-5-3-11(17)4-6-12/h3-8,19H,9H2,1-2H3,(H,20,21). The summed E-state index contributed by atoms with van der Waals surface area (Å²) in [6, 6.07) is 11.0. The third-order valence-electron chi connectivity index (χ3n) is 3.05. The number of ether oxygens (including phenoxy) is 1. The van der Waals surface area contributed by atoms with E-state index in [-0.39, 0.29) is 12.5 Å². The van der Waals surface area contributed by atoms with Crippen molar-refractivity contribution < 1.29 is 9.53 Å². The third-order valence-corrected chi connectivity index (χ3v) is 3.98. The highest BCUT2D eigenvalue weighted by atomic mass is 79.9. The fraction of sp³-hybridized carbons (Fsp3) is 0.188. The quantitative estimate of drug-likeness (QED) is 0.801. The summed E-state index contributed by atoms with van der Waals surface area (Å²) in [7, 11) is 1.56. The molecule has 0 fully saturated rings. The summed E-state index contributed by atoms with van der Waals surface area (Å²) in [4.78, 5) is 12.0. The van der Waals surface area contributed by atoms with Gasteiger partial charge < -0.3 is 15.4 Å². The van der Waals surface area contributed by atoms with E-state index in [0.29, 0.717) is 10.8 Å². The Bertz CT molecular complexity index is 675. The summed E-state index contributed by atoms with van der Waals surface area (Å²) >= 11 is 9.41. The minimum absolute atomic E-state index is 0.132. The van der Waals surface area contributed by atoms with Crippen LogP contribution in [0, 0.1) is 6.92 Å². The van der Waals surface area contributed by atoms with E-state index in [1.54, 1.807) is 13.2 Å². The van der Waals surface area contributed by atoms with Crippen LogP contribution in [0.4, 0.5) is 11.4 Å². The maximum atomic E-state index is 12.0. The fourth-order valence-electron chi connectivity index (χ4n) is 1.88. The molecule has 0 atom stereocenters. The van der Waals surface area contributed by atoms with Crippen molar-refractivity contribution in [2.75, 3.05) is 24.3 Å². The van der Waals surface area contributed by atoms with Crippen LogP contribution in [0.15, 0.2) is 40.9 Å². The highest BCUT2D eigenvalue weighted by molar-refractivity contribution is 9.10. The Morgan fingerprint density at radius 1 is 1.27 bits per heavy atom. The van der Waals surface area contributed by atoms with Crippen LogP contribution in [0.2, 0.25) is 5.02 Å². The monoisotopic (exact) mass is 382 g/mol. The van der Waals surface area contributed by atoms with E-state index in [4.69, 9.17) is 16.3 Å². The van der Waals surface area contributed by atoms with Gasteiger partial charge in [-0.2, -0.15) is 0 Å². The van der Waals surface area contributed by atoms with Gasteiger partial charge in [0.15, 0.2) is 0 Å². The van der Waals surface area contributed by atoms with Gasteiger partial charge in [0, 0.05) is 21.2 Å². The summed E-state index contributed by atoms with van der Waals surface area (Å²) in [5.74, 6) is 0.462. The molecule has 6 heteroatoms. The number of methoxy groups -OCH3 is 1. The molecule has 0 aliphatic heterocycles. The first-order chi connectivity index (χ1) is 10.5. The van der Waals surface area contributed by atoms with E-state index in [1.165, 1.54) is 0 Å². The highest BCUT2D eigenvalue weighted by Crippen LogP contribution is 2.30. The Hall–Kier alpha value is -1.72. The summed E-state index contributed by atoms with van der Waals surface area (Å²) in [5.41, 5.74) is 2.39. The van der Waals surface area contributed by atoms with E-state index >= 15 is 0 Å². The smallest absolute Gasteiger partial charge is 0.243 e. The number of carbonyl (C=O) groups excluding carboxylic acids is 1. The SMILES string of the molecule is COc1cc(Cl)c(C)cc1NCC(=O)Nc1ccc(Br)cc1. The van der Waals surface area contributed by atoms with Crippen LogP contribution in [0.1, 0.15) is 5.56 Å². The number of rotatable bonds is 5. The molecule has 0 aliphatic rings. The van der Waals surface area contributed by atoms with Gasteiger partial charge in [-0.25, -0.2) is 0 Å². The zero-order chi connectivity index (χ0) is 16.1. The molecule has 2 aromatic rings. The van der Waals surface area contributed by atoms with Crippen molar-refractivity contribution in [2.45, 2.75) is 6.92 Å². The van der Waals surface area contributed by atoms with E-state index in [1.807, 2.05) is 37.3 Å². The maximum absolute atomic E-state index is 12.0. The lowest BCUT2D eigenvalue weighted by atomic mass is 10.2. The first-order valence-corrected chi connectivity index (χ1v) is 7.80. The van der Waals surface area contributed by atoms with Gasteiger partial charge in [0.05, 0.1) is 19.3 Å². The second-order valence-corrected chi connectivity index (χ2v) is 6.03. The largest absolute Gasteiger partial charge is 0.495 e. The van der Waals surface area contributed by atoms with Gasteiger partial charge >= 0.3 is 0 Å². The van der Waals surface area contributed by atoms with E-state index in [2.05, 4.69) is 26.6 Å². The minimum Gasteiger partial charge on any atom is -0.495 e. The summed E-state index contributed by atoms with van der Waals surface area (Å²) in [6.07, 6.45) is 0. The van der Waals surface area contributed by atoms with Crippen LogP contribution < -0.4 is 15.4 Å². The molecule has 0 bridgehead atoms. The molecule has 0 heterocycles. The van der Waals surface area contributed by atoms with Crippen molar-refractivity contribution in [3.05, 3.63) is 51.5 Å². The molecule has 0 aromatic heterocycles. The first kappa shape index (κ1) is 16.6. The van der Waals surface area contributed by atoms with Crippen molar-refractivity contribution in [3.63, 3.8) is 0 Å². The van der Waals surface area contributed by atoms with Crippen molar-refractivity contribution in [3.8, 4) is 5.75 Å². The van der Waals surface area contributed by atoms with Crippen LogP contribution >= 0.6 is 27.5 Å². The summed E-state index contributed by atoms with van der Waals surface area (Å²) in [6.45, 7) is 2.03. The van der Waals surface area contributed by atoms with Gasteiger partial charge in [-0.1, -0.05) is 27.5 Å². The molecule has 22 heavy (non-hydrogen) atoms. The fourth-order valence-corrected chi connectivity index (χ4v) is 2.30. The molecule has 2 N–H and O–H groups in total. The molecule has 0 radical (unpaired) electrons. The highest BCUT2D eigenvalue weighted by Gasteiger charge is 2.09. The second-order valence-electron chi connectivity index (χ2n) is 4.71. The molecule has 0 spiro atoms. The molecule has 0 saturated carbocycles. The molecule has 116 valence electrons. The van der Waals surface area contributed by atoms with Gasteiger partial charge in [0.2, 0.25) is 5.91 Å². The lowest BCUT2D eigenvalue weighted by Gasteiger charge is -2.13. The Balaban J connectivity index is 1.99. The van der Waals surface area contributed by atoms with Gasteiger partial charge in [0.25, 0.3) is 0 Å². The van der Waals surface area contributed by atoms with Crippen molar-refractivity contribution in [1.29, 1.82) is 0 Å². The molecule has 0 aliphatic carbocycles. The number of hydrogen-bond donors (Lipinski definition) is 2. The molecule has 2 rings (SSSR count). The Kier molecular flexibility index (Phi) is 5.69. The predicted molar refractivity (Wildman–Crippen MR) is 94.0 cm³/mol. The topological polar surface area (TPSA) is 50.4 Å². The van der Waals surface area contributed by atoms with E-state index in [0.717, 1.165) is 21.4 Å². The molecule has 4 nitrogen and oxygen atoms in total. The molecular formula is C16H16BrClN2O2. The van der Waals surface area contributed by atoms with Gasteiger partial charge in [-0.3, -0.25) is 4.79 Å². The average Bonchev–Trinajstić information content (AvgIpc) is 2.50. The Labute approximate surface area is 142 Å². The number of amides is 1. The number of hydrogen-bond acceptors (Lipinski definition) is 3. The van der Waals surface area contributed by atoms with Crippen molar-refractivity contribution in [2.24, 2.45) is 0 Å². The van der Waals surface area contributed by atoms with Crippen LogP contribution in [-0.4, -0.2) is 19.6 Å². The van der Waals surface area contributed by atoms with Gasteiger partial charge in [-0.15, -0.1) is 0 Å². The van der Waals surface area contributed by atoms with E-state index < -0.39 is 0 Å². The number of carbonyl (C=O) groups is 1. The van der Waals surface area contributed by atoms with Gasteiger partial charge in [0.1, 0.15) is 5.75 Å². The predicted octanol–water partition coefficient (Wildman–Crippen LogP) is 4.47. The Morgan fingerprint density at radius 3 is 2.59 bits per heavy atom. The van der Waals surface area contributed by atoms with Crippen LogP contribution in [0.5, 0.6) is 5.75 Å². The number of aryl methyl sites for hydroxylation is 1. The normalized spacial score (nSPS) is 10.2. The van der Waals surface area contributed by atoms with Crippen LogP contribution in [0.25, 0.3) is 0 Å². The number of anilines is 2. The summed E-state index contributed by atoms with van der Waals surface area (Å²) < 4.78 is 6.22. The lowest BCUT2D eigenvalue weighted by Crippen LogP contribution is -2.22. The zero-order valence-corrected chi connectivity index (χ0v) is 14.6. The maximum Gasteiger partial charge on any atom is 0.243 e. The number of benzene rings is 2. The molecule has 0 saturated heterocycles. The summed E-state index contributed by atoms with van der Waals surface area (Å²) in [5, 5.41) is 6.50. The second kappa shape index (κ2) is 7.51. The first-order valence-electron chi connectivity index (χ1n) is 6.63. The van der Waals surface area contributed by atoms with Crippen LogP contribution in [-0.2, 0) is 4.79 Å². The van der Waals surface area contributed by atoms with Crippen molar-refractivity contribution in [1.82, 2.24) is 0 Å². The Morgan fingerprint density at radius 2 is 1.95 bits per heavy atom. The zero-order valence-electron chi connectivity index (χ0n) is 12.2. The molecule has 0 unspecified atom stereocenters. The lowest BCUT2D eigenvalue weighted by molar-refractivity contribution is -0.114.